The second-order valence-electron chi connectivity index (χ2n) is 4.11. The van der Waals surface area contributed by atoms with Crippen LogP contribution in [0.15, 0.2) is 18.2 Å². The third-order valence-corrected chi connectivity index (χ3v) is 2.67. The quantitative estimate of drug-likeness (QED) is 0.767. The Balaban J connectivity index is 2.10. The summed E-state index contributed by atoms with van der Waals surface area (Å²) >= 11 is 0. The summed E-state index contributed by atoms with van der Waals surface area (Å²) in [7, 11) is 0. The molecule has 1 aromatic rings. The van der Waals surface area contributed by atoms with Crippen LogP contribution in [0.5, 0.6) is 0 Å². The van der Waals surface area contributed by atoms with Crippen LogP contribution < -0.4 is 5.32 Å². The number of piperazine rings is 1. The monoisotopic (exact) mass is 268 g/mol. The molecular formula is C12H10F2N2O3. The van der Waals surface area contributed by atoms with Gasteiger partial charge in [0.05, 0.1) is 6.42 Å². The molecule has 0 bridgehead atoms. The van der Waals surface area contributed by atoms with Gasteiger partial charge in [-0.15, -0.1) is 0 Å². The Morgan fingerprint density at radius 1 is 1.21 bits per heavy atom. The van der Waals surface area contributed by atoms with Crippen molar-refractivity contribution in [3.05, 3.63) is 35.4 Å². The van der Waals surface area contributed by atoms with Crippen molar-refractivity contribution in [2.45, 2.75) is 6.42 Å². The van der Waals surface area contributed by atoms with E-state index in [1.54, 1.807) is 0 Å². The second-order valence-corrected chi connectivity index (χ2v) is 4.11. The van der Waals surface area contributed by atoms with E-state index in [4.69, 9.17) is 0 Å². The van der Waals surface area contributed by atoms with Crippen molar-refractivity contribution in [1.29, 1.82) is 0 Å². The Labute approximate surface area is 107 Å². The van der Waals surface area contributed by atoms with Crippen molar-refractivity contribution >= 4 is 17.7 Å². The van der Waals surface area contributed by atoms with Gasteiger partial charge < -0.3 is 4.90 Å². The summed E-state index contributed by atoms with van der Waals surface area (Å²) in [5.41, 5.74) is -0.108. The number of halogens is 2. The van der Waals surface area contributed by atoms with Gasteiger partial charge in [0, 0.05) is 5.56 Å². The molecule has 0 saturated carbocycles. The predicted octanol–water partition coefficient (Wildman–Crippen LogP) is -0.00770. The summed E-state index contributed by atoms with van der Waals surface area (Å²) in [5.74, 6) is -3.93. The zero-order chi connectivity index (χ0) is 14.0. The van der Waals surface area contributed by atoms with Gasteiger partial charge in [0.2, 0.25) is 17.7 Å². The van der Waals surface area contributed by atoms with Gasteiger partial charge >= 0.3 is 0 Å². The first-order chi connectivity index (χ1) is 8.97. The molecule has 1 aliphatic rings. The number of rotatable bonds is 2. The van der Waals surface area contributed by atoms with Crippen molar-refractivity contribution < 1.29 is 23.2 Å². The number of hydrogen-bond acceptors (Lipinski definition) is 3. The fraction of sp³-hybridized carbons (Fsp3) is 0.250. The number of hydrogen-bond donors (Lipinski definition) is 1. The fourth-order valence-corrected chi connectivity index (χ4v) is 1.77. The minimum absolute atomic E-state index is 0.108. The van der Waals surface area contributed by atoms with Crippen LogP contribution in [0.4, 0.5) is 8.78 Å². The van der Waals surface area contributed by atoms with Gasteiger partial charge in [0.15, 0.2) is 11.6 Å². The van der Waals surface area contributed by atoms with Gasteiger partial charge in [0.25, 0.3) is 0 Å². The molecule has 1 saturated heterocycles. The number of benzene rings is 1. The molecule has 0 aromatic heterocycles. The first kappa shape index (κ1) is 13.1. The zero-order valence-electron chi connectivity index (χ0n) is 9.78. The van der Waals surface area contributed by atoms with E-state index in [0.717, 1.165) is 11.0 Å². The molecule has 0 aliphatic carbocycles. The number of carbonyl (C=O) groups excluding carboxylic acids is 3. The predicted molar refractivity (Wildman–Crippen MR) is 59.8 cm³/mol. The smallest absolute Gasteiger partial charge is 0.246 e. The van der Waals surface area contributed by atoms with Crippen molar-refractivity contribution in [3.63, 3.8) is 0 Å². The lowest BCUT2D eigenvalue weighted by Gasteiger charge is -2.25. The van der Waals surface area contributed by atoms with E-state index < -0.39 is 35.8 Å². The molecule has 0 atom stereocenters. The van der Waals surface area contributed by atoms with Gasteiger partial charge in [-0.3, -0.25) is 19.7 Å². The molecule has 3 amide bonds. The average molecular weight is 268 g/mol. The fourth-order valence-electron chi connectivity index (χ4n) is 1.77. The second kappa shape index (κ2) is 5.13. The molecule has 7 heteroatoms. The molecule has 1 aliphatic heterocycles. The molecule has 1 aromatic carbocycles. The van der Waals surface area contributed by atoms with Crippen LogP contribution in [0.3, 0.4) is 0 Å². The number of amides is 3. The lowest BCUT2D eigenvalue weighted by molar-refractivity contribution is -0.145. The third kappa shape index (κ3) is 2.93. The lowest BCUT2D eigenvalue weighted by Crippen LogP contribution is -2.53. The average Bonchev–Trinajstić information content (AvgIpc) is 2.33. The van der Waals surface area contributed by atoms with Gasteiger partial charge in [-0.1, -0.05) is 12.1 Å². The molecule has 2 rings (SSSR count). The molecular weight excluding hydrogens is 258 g/mol. The Kier molecular flexibility index (Phi) is 3.55. The first-order valence-corrected chi connectivity index (χ1v) is 5.50. The van der Waals surface area contributed by atoms with Crippen molar-refractivity contribution in [1.82, 2.24) is 10.2 Å². The van der Waals surface area contributed by atoms with Crippen LogP contribution in [0.25, 0.3) is 0 Å². The lowest BCUT2D eigenvalue weighted by atomic mass is 10.1. The molecule has 1 fully saturated rings. The summed E-state index contributed by atoms with van der Waals surface area (Å²) in [6, 6.07) is 3.51. The maximum absolute atomic E-state index is 13.4. The molecule has 0 spiro atoms. The maximum atomic E-state index is 13.4. The van der Waals surface area contributed by atoms with Crippen LogP contribution >= 0.6 is 0 Å². The van der Waals surface area contributed by atoms with E-state index in [0.29, 0.717) is 0 Å². The highest BCUT2D eigenvalue weighted by Crippen LogP contribution is 2.13. The van der Waals surface area contributed by atoms with Gasteiger partial charge in [0.1, 0.15) is 13.1 Å². The van der Waals surface area contributed by atoms with E-state index in [9.17, 15) is 23.2 Å². The van der Waals surface area contributed by atoms with Crippen LogP contribution in [0.1, 0.15) is 5.56 Å². The van der Waals surface area contributed by atoms with Gasteiger partial charge in [-0.2, -0.15) is 0 Å². The van der Waals surface area contributed by atoms with Crippen LogP contribution in [-0.4, -0.2) is 35.7 Å². The molecule has 1 N–H and O–H groups in total. The number of carbonyl (C=O) groups is 3. The number of nitrogens with one attached hydrogen (secondary N) is 1. The molecule has 5 nitrogen and oxygen atoms in total. The SMILES string of the molecule is O=C1CN(C(=O)Cc2cccc(F)c2F)CC(=O)N1. The molecule has 100 valence electrons. The zero-order valence-corrected chi connectivity index (χ0v) is 9.78. The molecule has 1 heterocycles. The Bertz CT molecular complexity index is 544. The van der Waals surface area contributed by atoms with Crippen LogP contribution in [0.2, 0.25) is 0 Å². The highest BCUT2D eigenvalue weighted by molar-refractivity contribution is 6.02. The first-order valence-electron chi connectivity index (χ1n) is 5.50. The maximum Gasteiger partial charge on any atom is 0.246 e. The highest BCUT2D eigenvalue weighted by Gasteiger charge is 2.26. The Hall–Kier alpha value is -2.31. The van der Waals surface area contributed by atoms with Gasteiger partial charge in [-0.25, -0.2) is 8.78 Å². The van der Waals surface area contributed by atoms with Crippen molar-refractivity contribution in [2.24, 2.45) is 0 Å². The van der Waals surface area contributed by atoms with Crippen molar-refractivity contribution in [2.75, 3.05) is 13.1 Å². The summed E-state index contributed by atoms with van der Waals surface area (Å²) in [4.78, 5) is 35.0. The van der Waals surface area contributed by atoms with E-state index in [2.05, 4.69) is 0 Å². The topological polar surface area (TPSA) is 66.5 Å². The third-order valence-electron chi connectivity index (χ3n) is 2.67. The van der Waals surface area contributed by atoms with E-state index in [1.807, 2.05) is 5.32 Å². The standard InChI is InChI=1S/C12H10F2N2O3/c13-8-3-1-2-7(12(8)14)4-11(19)16-5-9(17)15-10(18)6-16/h1-3H,4-6H2,(H,15,17,18). The largest absolute Gasteiger partial charge is 0.324 e. The van der Waals surface area contributed by atoms with E-state index in [1.165, 1.54) is 12.1 Å². The minimum atomic E-state index is -1.09. The van der Waals surface area contributed by atoms with Crippen LogP contribution in [0, 0.1) is 11.6 Å². The molecule has 0 radical (unpaired) electrons. The van der Waals surface area contributed by atoms with Gasteiger partial charge in [-0.05, 0) is 6.07 Å². The molecule has 19 heavy (non-hydrogen) atoms. The molecule has 0 unspecified atom stereocenters. The van der Waals surface area contributed by atoms with Crippen molar-refractivity contribution in [3.8, 4) is 0 Å². The Morgan fingerprint density at radius 2 is 1.84 bits per heavy atom. The van der Waals surface area contributed by atoms with E-state index >= 15 is 0 Å². The summed E-state index contributed by atoms with van der Waals surface area (Å²) < 4.78 is 26.4. The number of imide groups is 1. The summed E-state index contributed by atoms with van der Waals surface area (Å²) in [5, 5.41) is 2.04. The highest BCUT2D eigenvalue weighted by atomic mass is 19.2. The van der Waals surface area contributed by atoms with E-state index in [-0.39, 0.29) is 18.7 Å². The summed E-state index contributed by atoms with van der Waals surface area (Å²) in [6.07, 6.45) is -0.399. The Morgan fingerprint density at radius 3 is 2.47 bits per heavy atom. The normalized spacial score (nSPS) is 15.4. The summed E-state index contributed by atoms with van der Waals surface area (Å²) in [6.45, 7) is -0.525. The van der Waals surface area contributed by atoms with Crippen LogP contribution in [-0.2, 0) is 20.8 Å². The minimum Gasteiger partial charge on any atom is -0.324 e. The number of nitrogens with zero attached hydrogens (tertiary/aromatic N) is 1.